The molecule has 0 saturated carbocycles. The summed E-state index contributed by atoms with van der Waals surface area (Å²) < 4.78 is 0. The molecule has 1 aromatic carbocycles. The Morgan fingerprint density at radius 2 is 1.94 bits per heavy atom. The SMILES string of the molecule is Cc1cc(C)cc(N(C)C2(CN)CCSC2C)c1. The van der Waals surface area contributed by atoms with E-state index in [4.69, 9.17) is 5.73 Å². The molecule has 1 aromatic rings. The number of rotatable bonds is 3. The monoisotopic (exact) mass is 264 g/mol. The lowest BCUT2D eigenvalue weighted by atomic mass is 9.90. The molecule has 2 rings (SSSR count). The Morgan fingerprint density at radius 1 is 1.33 bits per heavy atom. The van der Waals surface area contributed by atoms with Crippen molar-refractivity contribution in [2.45, 2.75) is 38.0 Å². The van der Waals surface area contributed by atoms with E-state index in [2.05, 4.69) is 50.9 Å². The van der Waals surface area contributed by atoms with Gasteiger partial charge in [-0.15, -0.1) is 0 Å². The van der Waals surface area contributed by atoms with Gasteiger partial charge in [-0.05, 0) is 49.3 Å². The molecule has 2 atom stereocenters. The minimum absolute atomic E-state index is 0.116. The van der Waals surface area contributed by atoms with Gasteiger partial charge >= 0.3 is 0 Å². The van der Waals surface area contributed by atoms with Gasteiger partial charge in [0, 0.05) is 24.5 Å². The van der Waals surface area contributed by atoms with Crippen molar-refractivity contribution in [1.82, 2.24) is 0 Å². The molecule has 0 aliphatic carbocycles. The molecule has 0 spiro atoms. The maximum atomic E-state index is 6.12. The number of aryl methyl sites for hydroxylation is 2. The fourth-order valence-corrected chi connectivity index (χ4v) is 4.52. The van der Waals surface area contributed by atoms with Gasteiger partial charge in [0.1, 0.15) is 0 Å². The number of likely N-dealkylation sites (N-methyl/N-ethyl adjacent to an activating group) is 1. The second-order valence-corrected chi connectivity index (χ2v) is 6.92. The lowest BCUT2D eigenvalue weighted by Crippen LogP contribution is -2.56. The molecule has 2 unspecified atom stereocenters. The fourth-order valence-electron chi connectivity index (χ4n) is 3.02. The van der Waals surface area contributed by atoms with Crippen molar-refractivity contribution in [3.8, 4) is 0 Å². The number of nitrogens with two attached hydrogens (primary N) is 1. The number of hydrogen-bond acceptors (Lipinski definition) is 3. The number of nitrogens with zero attached hydrogens (tertiary/aromatic N) is 1. The number of benzene rings is 1. The van der Waals surface area contributed by atoms with Gasteiger partial charge in [0.25, 0.3) is 0 Å². The van der Waals surface area contributed by atoms with Gasteiger partial charge in [0.05, 0.1) is 5.54 Å². The van der Waals surface area contributed by atoms with Gasteiger partial charge < -0.3 is 10.6 Å². The molecule has 1 saturated heterocycles. The Labute approximate surface area is 115 Å². The number of anilines is 1. The van der Waals surface area contributed by atoms with Gasteiger partial charge in [-0.3, -0.25) is 0 Å². The Bertz CT molecular complexity index is 412. The number of hydrogen-bond donors (Lipinski definition) is 1. The standard InChI is InChI=1S/C15H24N2S/c1-11-7-12(2)9-14(8-11)17(4)15(10-16)5-6-18-13(15)3/h7-9,13H,5-6,10,16H2,1-4H3. The zero-order chi connectivity index (χ0) is 13.3. The summed E-state index contributed by atoms with van der Waals surface area (Å²) in [7, 11) is 2.20. The summed E-state index contributed by atoms with van der Waals surface area (Å²) >= 11 is 2.04. The first kappa shape index (κ1) is 13.8. The predicted octanol–water partition coefficient (Wildman–Crippen LogP) is 2.96. The molecular weight excluding hydrogens is 240 g/mol. The van der Waals surface area contributed by atoms with Crippen LogP contribution in [0.3, 0.4) is 0 Å². The van der Waals surface area contributed by atoms with Crippen LogP contribution in [0, 0.1) is 13.8 Å². The van der Waals surface area contributed by atoms with Crippen molar-refractivity contribution in [2.75, 3.05) is 24.2 Å². The molecule has 0 radical (unpaired) electrons. The van der Waals surface area contributed by atoms with E-state index < -0.39 is 0 Å². The van der Waals surface area contributed by atoms with Crippen LogP contribution >= 0.6 is 11.8 Å². The lowest BCUT2D eigenvalue weighted by molar-refractivity contribution is 0.415. The molecule has 2 N–H and O–H groups in total. The minimum atomic E-state index is 0.116. The molecule has 1 fully saturated rings. The third kappa shape index (κ3) is 2.26. The third-order valence-corrected chi connectivity index (χ3v) is 5.65. The smallest absolute Gasteiger partial charge is 0.0644 e. The van der Waals surface area contributed by atoms with Gasteiger partial charge in [-0.25, -0.2) is 0 Å². The second-order valence-electron chi connectivity index (χ2n) is 5.48. The van der Waals surface area contributed by atoms with E-state index in [-0.39, 0.29) is 5.54 Å². The Morgan fingerprint density at radius 3 is 2.39 bits per heavy atom. The highest BCUT2D eigenvalue weighted by atomic mass is 32.2. The van der Waals surface area contributed by atoms with E-state index >= 15 is 0 Å². The van der Waals surface area contributed by atoms with E-state index in [1.54, 1.807) is 0 Å². The molecular formula is C15H24N2S. The largest absolute Gasteiger partial charge is 0.366 e. The average molecular weight is 264 g/mol. The zero-order valence-electron chi connectivity index (χ0n) is 11.9. The Balaban J connectivity index is 2.37. The molecule has 3 heteroatoms. The summed E-state index contributed by atoms with van der Waals surface area (Å²) in [6.07, 6.45) is 1.18. The van der Waals surface area contributed by atoms with Crippen LogP contribution in [0.25, 0.3) is 0 Å². The molecule has 1 aliphatic rings. The van der Waals surface area contributed by atoms with Gasteiger partial charge in [-0.2, -0.15) is 11.8 Å². The van der Waals surface area contributed by atoms with E-state index in [1.807, 2.05) is 11.8 Å². The molecule has 100 valence electrons. The molecule has 1 heterocycles. The zero-order valence-corrected chi connectivity index (χ0v) is 12.7. The van der Waals surface area contributed by atoms with Crippen molar-refractivity contribution in [3.05, 3.63) is 29.3 Å². The van der Waals surface area contributed by atoms with Gasteiger partial charge in [-0.1, -0.05) is 13.0 Å². The molecule has 0 amide bonds. The molecule has 0 bridgehead atoms. The Kier molecular flexibility index (Phi) is 3.93. The van der Waals surface area contributed by atoms with Gasteiger partial charge in [0.2, 0.25) is 0 Å². The van der Waals surface area contributed by atoms with Crippen molar-refractivity contribution >= 4 is 17.4 Å². The number of thioether (sulfide) groups is 1. The van der Waals surface area contributed by atoms with E-state index in [0.29, 0.717) is 5.25 Å². The average Bonchev–Trinajstić information content (AvgIpc) is 2.69. The highest BCUT2D eigenvalue weighted by Crippen LogP contribution is 2.41. The molecule has 0 aromatic heterocycles. The van der Waals surface area contributed by atoms with Crippen LogP contribution in [-0.4, -0.2) is 30.1 Å². The second kappa shape index (κ2) is 5.14. The van der Waals surface area contributed by atoms with Crippen molar-refractivity contribution in [1.29, 1.82) is 0 Å². The highest BCUT2D eigenvalue weighted by Gasteiger charge is 2.43. The van der Waals surface area contributed by atoms with Crippen LogP contribution in [0.5, 0.6) is 0 Å². The van der Waals surface area contributed by atoms with E-state index in [9.17, 15) is 0 Å². The van der Waals surface area contributed by atoms with Gasteiger partial charge in [0.15, 0.2) is 0 Å². The Hall–Kier alpha value is -0.670. The van der Waals surface area contributed by atoms with Crippen LogP contribution in [-0.2, 0) is 0 Å². The normalized spacial score (nSPS) is 27.5. The predicted molar refractivity (Wildman–Crippen MR) is 82.6 cm³/mol. The van der Waals surface area contributed by atoms with Crippen LogP contribution in [0.15, 0.2) is 18.2 Å². The van der Waals surface area contributed by atoms with Crippen LogP contribution in [0.1, 0.15) is 24.5 Å². The van der Waals surface area contributed by atoms with Crippen LogP contribution in [0.4, 0.5) is 5.69 Å². The first-order valence-corrected chi connectivity index (χ1v) is 7.68. The lowest BCUT2D eigenvalue weighted by Gasteiger charge is -2.42. The first-order valence-electron chi connectivity index (χ1n) is 6.63. The first-order chi connectivity index (χ1) is 8.49. The summed E-state index contributed by atoms with van der Waals surface area (Å²) in [5.74, 6) is 1.22. The third-order valence-electron chi connectivity index (χ3n) is 4.27. The summed E-state index contributed by atoms with van der Waals surface area (Å²) in [6, 6.07) is 6.75. The van der Waals surface area contributed by atoms with E-state index in [1.165, 1.54) is 29.0 Å². The van der Waals surface area contributed by atoms with Crippen LogP contribution in [0.2, 0.25) is 0 Å². The molecule has 1 aliphatic heterocycles. The topological polar surface area (TPSA) is 29.3 Å². The maximum Gasteiger partial charge on any atom is 0.0644 e. The van der Waals surface area contributed by atoms with Crippen LogP contribution < -0.4 is 10.6 Å². The van der Waals surface area contributed by atoms with Crippen molar-refractivity contribution in [2.24, 2.45) is 5.73 Å². The summed E-state index contributed by atoms with van der Waals surface area (Å²) in [5.41, 5.74) is 10.2. The fraction of sp³-hybridized carbons (Fsp3) is 0.600. The van der Waals surface area contributed by atoms with E-state index in [0.717, 1.165) is 6.54 Å². The summed E-state index contributed by atoms with van der Waals surface area (Å²) in [6.45, 7) is 7.35. The maximum absolute atomic E-state index is 6.12. The summed E-state index contributed by atoms with van der Waals surface area (Å²) in [4.78, 5) is 2.41. The van der Waals surface area contributed by atoms with Crippen molar-refractivity contribution < 1.29 is 0 Å². The highest BCUT2D eigenvalue weighted by molar-refractivity contribution is 8.00. The molecule has 2 nitrogen and oxygen atoms in total. The van der Waals surface area contributed by atoms with Crippen molar-refractivity contribution in [3.63, 3.8) is 0 Å². The summed E-state index contributed by atoms with van der Waals surface area (Å²) in [5, 5.41) is 0.591. The quantitative estimate of drug-likeness (QED) is 0.910. The minimum Gasteiger partial charge on any atom is -0.366 e. The molecule has 18 heavy (non-hydrogen) atoms.